The van der Waals surface area contributed by atoms with E-state index >= 15 is 0 Å². The maximum atomic E-state index is 12.9. The first-order valence-corrected chi connectivity index (χ1v) is 8.36. The van der Waals surface area contributed by atoms with Crippen LogP contribution in [0.15, 0.2) is 0 Å². The van der Waals surface area contributed by atoms with E-state index in [2.05, 4.69) is 22.0 Å². The van der Waals surface area contributed by atoms with Crippen molar-refractivity contribution in [1.29, 1.82) is 0 Å². The highest BCUT2D eigenvalue weighted by molar-refractivity contribution is 5.97. The van der Waals surface area contributed by atoms with Crippen molar-refractivity contribution in [3.8, 4) is 0 Å². The maximum absolute atomic E-state index is 12.9. The summed E-state index contributed by atoms with van der Waals surface area (Å²) in [6.45, 7) is 2.95. The van der Waals surface area contributed by atoms with Crippen molar-refractivity contribution in [3.05, 3.63) is 11.4 Å². The average molecular weight is 290 g/mol. The first-order valence-electron chi connectivity index (χ1n) is 8.36. The van der Waals surface area contributed by atoms with Gasteiger partial charge in [-0.25, -0.2) is 0 Å². The lowest BCUT2D eigenvalue weighted by Crippen LogP contribution is -2.49. The van der Waals surface area contributed by atoms with Gasteiger partial charge in [-0.1, -0.05) is 26.2 Å². The fourth-order valence-corrected chi connectivity index (χ4v) is 4.00. The summed E-state index contributed by atoms with van der Waals surface area (Å²) in [6, 6.07) is 0.408. The summed E-state index contributed by atoms with van der Waals surface area (Å²) in [6.07, 6.45) is 9.18. The third-order valence-electron chi connectivity index (χ3n) is 5.09. The van der Waals surface area contributed by atoms with Gasteiger partial charge in [0.2, 0.25) is 0 Å². The number of nitrogens with one attached hydrogen (secondary N) is 1. The molecule has 2 aliphatic rings. The Morgan fingerprint density at radius 1 is 1.33 bits per heavy atom. The largest absolute Gasteiger partial charge is 0.395 e. The predicted molar refractivity (Wildman–Crippen MR) is 83.0 cm³/mol. The Bertz CT molecular complexity index is 508. The van der Waals surface area contributed by atoms with Gasteiger partial charge in [0.15, 0.2) is 5.69 Å². The van der Waals surface area contributed by atoms with E-state index in [1.807, 2.05) is 0 Å². The SMILES string of the molecule is CCCc1[nH]nc(C(=O)N2CCCC3CCCCC32)c1N. The molecule has 1 aromatic rings. The number of fused-ring (bicyclic) bond motifs is 1. The first-order chi connectivity index (χ1) is 10.2. The normalized spacial score (nSPS) is 25.7. The number of piperidine rings is 1. The molecule has 2 atom stereocenters. The second-order valence-electron chi connectivity index (χ2n) is 6.47. The third kappa shape index (κ3) is 2.65. The number of hydrogen-bond acceptors (Lipinski definition) is 3. The minimum atomic E-state index is 0.0303. The van der Waals surface area contributed by atoms with Gasteiger partial charge in [0, 0.05) is 12.6 Å². The number of hydrogen-bond donors (Lipinski definition) is 2. The topological polar surface area (TPSA) is 75.0 Å². The number of amides is 1. The molecule has 2 heterocycles. The standard InChI is InChI=1S/C16H26N4O/c1-2-6-12-14(17)15(19-18-12)16(21)20-10-5-8-11-7-3-4-9-13(11)20/h11,13H,2-10,17H2,1H3,(H,18,19). The predicted octanol–water partition coefficient (Wildman–Crippen LogP) is 2.74. The lowest BCUT2D eigenvalue weighted by atomic mass is 9.78. The molecular weight excluding hydrogens is 264 g/mol. The minimum Gasteiger partial charge on any atom is -0.395 e. The van der Waals surface area contributed by atoms with Crippen molar-refractivity contribution in [2.24, 2.45) is 5.92 Å². The number of carbonyl (C=O) groups is 1. The van der Waals surface area contributed by atoms with Crippen LogP contribution in [0.25, 0.3) is 0 Å². The molecule has 2 unspecified atom stereocenters. The van der Waals surface area contributed by atoms with Crippen LogP contribution in [-0.2, 0) is 6.42 Å². The number of nitrogens with two attached hydrogens (primary N) is 1. The molecule has 0 bridgehead atoms. The van der Waals surface area contributed by atoms with Crippen molar-refractivity contribution in [3.63, 3.8) is 0 Å². The fourth-order valence-electron chi connectivity index (χ4n) is 4.00. The molecule has 1 aliphatic carbocycles. The minimum absolute atomic E-state index is 0.0303. The van der Waals surface area contributed by atoms with E-state index in [1.165, 1.54) is 25.7 Å². The van der Waals surface area contributed by atoms with Gasteiger partial charge in [-0.05, 0) is 38.0 Å². The number of carbonyl (C=O) groups excluding carboxylic acids is 1. The van der Waals surface area contributed by atoms with E-state index < -0.39 is 0 Å². The zero-order valence-electron chi connectivity index (χ0n) is 12.9. The number of anilines is 1. The van der Waals surface area contributed by atoms with Crippen molar-refractivity contribution in [2.45, 2.75) is 64.3 Å². The summed E-state index contributed by atoms with van der Waals surface area (Å²) < 4.78 is 0. The van der Waals surface area contributed by atoms with E-state index in [9.17, 15) is 4.79 Å². The second-order valence-corrected chi connectivity index (χ2v) is 6.47. The lowest BCUT2D eigenvalue weighted by molar-refractivity contribution is 0.0386. The van der Waals surface area contributed by atoms with Gasteiger partial charge >= 0.3 is 0 Å². The molecule has 0 aromatic carbocycles. The molecule has 0 spiro atoms. The Kier molecular flexibility index (Phi) is 4.17. The van der Waals surface area contributed by atoms with Crippen molar-refractivity contribution >= 4 is 11.6 Å². The molecule has 1 saturated carbocycles. The molecule has 3 rings (SSSR count). The van der Waals surface area contributed by atoms with Crippen LogP contribution < -0.4 is 5.73 Å². The van der Waals surface area contributed by atoms with E-state index in [0.717, 1.165) is 37.9 Å². The smallest absolute Gasteiger partial charge is 0.276 e. The van der Waals surface area contributed by atoms with Crippen molar-refractivity contribution < 1.29 is 4.79 Å². The number of aromatic nitrogens is 2. The number of aryl methyl sites for hydroxylation is 1. The molecule has 0 radical (unpaired) electrons. The van der Waals surface area contributed by atoms with Gasteiger partial charge in [0.1, 0.15) is 0 Å². The second kappa shape index (κ2) is 6.08. The monoisotopic (exact) mass is 290 g/mol. The van der Waals surface area contributed by atoms with Crippen LogP contribution in [0.5, 0.6) is 0 Å². The Labute approximate surface area is 126 Å². The van der Waals surface area contributed by atoms with Gasteiger partial charge < -0.3 is 10.6 Å². The molecule has 21 heavy (non-hydrogen) atoms. The van der Waals surface area contributed by atoms with Gasteiger partial charge in [0.25, 0.3) is 5.91 Å². The molecule has 1 aliphatic heterocycles. The molecule has 5 nitrogen and oxygen atoms in total. The van der Waals surface area contributed by atoms with Gasteiger partial charge in [-0.2, -0.15) is 5.10 Å². The molecule has 1 aromatic heterocycles. The maximum Gasteiger partial charge on any atom is 0.276 e. The van der Waals surface area contributed by atoms with E-state index in [-0.39, 0.29) is 5.91 Å². The number of nitrogen functional groups attached to an aromatic ring is 1. The first kappa shape index (κ1) is 14.4. The Morgan fingerprint density at radius 3 is 2.90 bits per heavy atom. The van der Waals surface area contributed by atoms with Crippen LogP contribution in [0, 0.1) is 5.92 Å². The van der Waals surface area contributed by atoms with E-state index in [4.69, 9.17) is 5.73 Å². The summed E-state index contributed by atoms with van der Waals surface area (Å²) in [5, 5.41) is 7.15. The molecule has 1 saturated heterocycles. The van der Waals surface area contributed by atoms with Crippen LogP contribution in [0.4, 0.5) is 5.69 Å². The van der Waals surface area contributed by atoms with Crippen LogP contribution >= 0.6 is 0 Å². The number of rotatable bonds is 3. The lowest BCUT2D eigenvalue weighted by Gasteiger charge is -2.43. The summed E-state index contributed by atoms with van der Waals surface area (Å²) in [5.74, 6) is 0.717. The van der Waals surface area contributed by atoms with Crippen LogP contribution in [0.3, 0.4) is 0 Å². The molecule has 5 heteroatoms. The highest BCUT2D eigenvalue weighted by atomic mass is 16.2. The molecule has 3 N–H and O–H groups in total. The summed E-state index contributed by atoms with van der Waals surface area (Å²) >= 11 is 0. The zero-order chi connectivity index (χ0) is 14.8. The average Bonchev–Trinajstić information content (AvgIpc) is 2.88. The van der Waals surface area contributed by atoms with Crippen molar-refractivity contribution in [1.82, 2.24) is 15.1 Å². The number of likely N-dealkylation sites (tertiary alicyclic amines) is 1. The van der Waals surface area contributed by atoms with Gasteiger partial charge in [-0.3, -0.25) is 9.89 Å². The molecule has 2 fully saturated rings. The Balaban J connectivity index is 1.80. The highest BCUT2D eigenvalue weighted by Gasteiger charge is 2.37. The van der Waals surface area contributed by atoms with Gasteiger partial charge in [0.05, 0.1) is 11.4 Å². The van der Waals surface area contributed by atoms with Gasteiger partial charge in [-0.15, -0.1) is 0 Å². The summed E-state index contributed by atoms with van der Waals surface area (Å²) in [5.41, 5.74) is 8.01. The van der Waals surface area contributed by atoms with Crippen LogP contribution in [-0.4, -0.2) is 33.6 Å². The zero-order valence-corrected chi connectivity index (χ0v) is 12.9. The molecule has 1 amide bonds. The Hall–Kier alpha value is -1.52. The van der Waals surface area contributed by atoms with E-state index in [1.54, 1.807) is 0 Å². The van der Waals surface area contributed by atoms with Crippen LogP contribution in [0.2, 0.25) is 0 Å². The third-order valence-corrected chi connectivity index (χ3v) is 5.09. The summed E-state index contributed by atoms with van der Waals surface area (Å²) in [7, 11) is 0. The Morgan fingerprint density at radius 2 is 2.10 bits per heavy atom. The summed E-state index contributed by atoms with van der Waals surface area (Å²) in [4.78, 5) is 14.9. The van der Waals surface area contributed by atoms with Crippen LogP contribution in [0.1, 0.15) is 68.1 Å². The number of nitrogens with zero attached hydrogens (tertiary/aromatic N) is 2. The molecule has 116 valence electrons. The fraction of sp³-hybridized carbons (Fsp3) is 0.750. The quantitative estimate of drug-likeness (QED) is 0.898. The molecular formula is C16H26N4O. The van der Waals surface area contributed by atoms with E-state index in [0.29, 0.717) is 23.3 Å². The number of aromatic amines is 1. The number of H-pyrrole nitrogens is 1. The highest BCUT2D eigenvalue weighted by Crippen LogP contribution is 2.36. The van der Waals surface area contributed by atoms with Crippen molar-refractivity contribution in [2.75, 3.05) is 12.3 Å².